The largest absolute Gasteiger partial charge is 0.374 e. The Kier molecular flexibility index (Phi) is 5.03. The highest BCUT2D eigenvalue weighted by atomic mass is 16.5. The van der Waals surface area contributed by atoms with Gasteiger partial charge in [-0.15, -0.1) is 0 Å². The third-order valence-electron chi connectivity index (χ3n) is 5.89. The number of carbonyl (C=O) groups excluding carboxylic acids is 1. The van der Waals surface area contributed by atoms with Gasteiger partial charge in [0.2, 0.25) is 11.8 Å². The van der Waals surface area contributed by atoms with Gasteiger partial charge in [-0.3, -0.25) is 9.69 Å². The van der Waals surface area contributed by atoms with E-state index in [9.17, 15) is 4.79 Å². The Labute approximate surface area is 148 Å². The Morgan fingerprint density at radius 2 is 1.96 bits per heavy atom. The zero-order chi connectivity index (χ0) is 17.2. The van der Waals surface area contributed by atoms with Crippen LogP contribution in [0.1, 0.15) is 56.2 Å². The topological polar surface area (TPSA) is 71.7 Å². The summed E-state index contributed by atoms with van der Waals surface area (Å²) in [4.78, 5) is 21.6. The number of hydrogen-bond donors (Lipinski definition) is 0. The van der Waals surface area contributed by atoms with Crippen LogP contribution in [0.2, 0.25) is 0 Å². The zero-order valence-corrected chi connectivity index (χ0v) is 15.0. The number of hydrogen-bond acceptors (Lipinski definition) is 6. The average Bonchev–Trinajstić information content (AvgIpc) is 3.08. The molecule has 0 bridgehead atoms. The van der Waals surface area contributed by atoms with Crippen LogP contribution in [0.15, 0.2) is 4.52 Å². The van der Waals surface area contributed by atoms with Crippen LogP contribution in [0.5, 0.6) is 0 Å². The fourth-order valence-electron chi connectivity index (χ4n) is 4.51. The molecule has 7 nitrogen and oxygen atoms in total. The number of likely N-dealkylation sites (tertiary alicyclic amines) is 1. The molecule has 3 fully saturated rings. The summed E-state index contributed by atoms with van der Waals surface area (Å²) in [5.74, 6) is 2.05. The third kappa shape index (κ3) is 3.72. The SMILES string of the molecule is Cc1noc(C2CCN(CC(=O)N3CCO[C@@H]4CCCC[C@H]43)CC2)n1. The van der Waals surface area contributed by atoms with Crippen LogP contribution >= 0.6 is 0 Å². The van der Waals surface area contributed by atoms with Crippen molar-refractivity contribution < 1.29 is 14.1 Å². The fraction of sp³-hybridized carbons (Fsp3) is 0.833. The van der Waals surface area contributed by atoms with Crippen LogP contribution in [0.4, 0.5) is 0 Å². The van der Waals surface area contributed by atoms with Crippen molar-refractivity contribution in [2.75, 3.05) is 32.8 Å². The smallest absolute Gasteiger partial charge is 0.237 e. The molecule has 1 aromatic rings. The molecule has 2 aliphatic heterocycles. The number of ether oxygens (including phenoxy) is 1. The average molecular weight is 348 g/mol. The summed E-state index contributed by atoms with van der Waals surface area (Å²) in [7, 11) is 0. The molecule has 138 valence electrons. The summed E-state index contributed by atoms with van der Waals surface area (Å²) in [5.41, 5.74) is 0. The van der Waals surface area contributed by atoms with E-state index in [1.54, 1.807) is 0 Å². The molecule has 0 radical (unpaired) electrons. The fourth-order valence-corrected chi connectivity index (χ4v) is 4.51. The molecule has 7 heteroatoms. The molecular weight excluding hydrogens is 320 g/mol. The van der Waals surface area contributed by atoms with Gasteiger partial charge >= 0.3 is 0 Å². The maximum Gasteiger partial charge on any atom is 0.237 e. The van der Waals surface area contributed by atoms with Gasteiger partial charge < -0.3 is 14.2 Å². The number of fused-ring (bicyclic) bond motifs is 1. The minimum absolute atomic E-state index is 0.262. The van der Waals surface area contributed by atoms with E-state index >= 15 is 0 Å². The lowest BCUT2D eigenvalue weighted by molar-refractivity contribution is -0.150. The molecule has 1 amide bonds. The molecule has 1 aromatic heterocycles. The van der Waals surface area contributed by atoms with E-state index < -0.39 is 0 Å². The Bertz CT molecular complexity index is 595. The highest BCUT2D eigenvalue weighted by molar-refractivity contribution is 5.78. The molecule has 0 N–H and O–H groups in total. The summed E-state index contributed by atoms with van der Waals surface area (Å²) in [5, 5.41) is 3.89. The Balaban J connectivity index is 1.30. The maximum atomic E-state index is 12.9. The first-order chi connectivity index (χ1) is 12.2. The summed E-state index contributed by atoms with van der Waals surface area (Å²) >= 11 is 0. The van der Waals surface area contributed by atoms with Crippen LogP contribution in [-0.2, 0) is 9.53 Å². The van der Waals surface area contributed by atoms with E-state index in [1.807, 2.05) is 6.92 Å². The van der Waals surface area contributed by atoms with Crippen molar-refractivity contribution in [2.45, 2.75) is 63.5 Å². The molecule has 3 heterocycles. The minimum atomic E-state index is 0.262. The predicted octanol–water partition coefficient (Wildman–Crippen LogP) is 1.73. The monoisotopic (exact) mass is 348 g/mol. The molecule has 3 aliphatic rings. The van der Waals surface area contributed by atoms with E-state index in [0.29, 0.717) is 30.9 Å². The molecule has 0 unspecified atom stereocenters. The van der Waals surface area contributed by atoms with Crippen molar-refractivity contribution >= 4 is 5.91 Å². The zero-order valence-electron chi connectivity index (χ0n) is 15.0. The van der Waals surface area contributed by atoms with Crippen molar-refractivity contribution in [1.82, 2.24) is 19.9 Å². The molecule has 25 heavy (non-hydrogen) atoms. The van der Waals surface area contributed by atoms with Gasteiger partial charge in [0.25, 0.3) is 0 Å². The van der Waals surface area contributed by atoms with Crippen LogP contribution in [0, 0.1) is 6.92 Å². The van der Waals surface area contributed by atoms with Gasteiger partial charge in [0, 0.05) is 12.5 Å². The van der Waals surface area contributed by atoms with Crippen LogP contribution < -0.4 is 0 Å². The minimum Gasteiger partial charge on any atom is -0.374 e. The third-order valence-corrected chi connectivity index (χ3v) is 5.89. The highest BCUT2D eigenvalue weighted by Gasteiger charge is 2.37. The van der Waals surface area contributed by atoms with Gasteiger partial charge in [0.05, 0.1) is 25.3 Å². The Morgan fingerprint density at radius 1 is 1.16 bits per heavy atom. The van der Waals surface area contributed by atoms with E-state index in [-0.39, 0.29) is 12.0 Å². The van der Waals surface area contributed by atoms with Gasteiger partial charge in [0.15, 0.2) is 5.82 Å². The van der Waals surface area contributed by atoms with Crippen LogP contribution in [0.25, 0.3) is 0 Å². The molecule has 2 atom stereocenters. The lowest BCUT2D eigenvalue weighted by Crippen LogP contribution is -2.57. The number of amides is 1. The van der Waals surface area contributed by atoms with E-state index in [2.05, 4.69) is 19.9 Å². The van der Waals surface area contributed by atoms with Crippen LogP contribution in [-0.4, -0.2) is 70.8 Å². The van der Waals surface area contributed by atoms with E-state index in [4.69, 9.17) is 9.26 Å². The highest BCUT2D eigenvalue weighted by Crippen LogP contribution is 2.29. The molecular formula is C18H28N4O3. The van der Waals surface area contributed by atoms with E-state index in [0.717, 1.165) is 51.2 Å². The number of nitrogens with zero attached hydrogens (tertiary/aromatic N) is 4. The van der Waals surface area contributed by atoms with Crippen molar-refractivity contribution in [3.05, 3.63) is 11.7 Å². The van der Waals surface area contributed by atoms with Gasteiger partial charge in [-0.05, 0) is 45.7 Å². The molecule has 4 rings (SSSR count). The van der Waals surface area contributed by atoms with Gasteiger partial charge in [-0.2, -0.15) is 4.98 Å². The standard InChI is InChI=1S/C18H28N4O3/c1-13-19-18(25-20-13)14-6-8-21(9-7-14)12-17(23)22-10-11-24-16-5-3-2-4-15(16)22/h14-16H,2-12H2,1H3/t15-,16-/m1/s1. The number of aromatic nitrogens is 2. The molecule has 1 aliphatic carbocycles. The molecule has 0 spiro atoms. The van der Waals surface area contributed by atoms with Crippen LogP contribution in [0.3, 0.4) is 0 Å². The number of aryl methyl sites for hydroxylation is 1. The van der Waals surface area contributed by atoms with Crippen molar-refractivity contribution in [2.24, 2.45) is 0 Å². The lowest BCUT2D eigenvalue weighted by atomic mass is 9.90. The first-order valence-electron chi connectivity index (χ1n) is 9.64. The van der Waals surface area contributed by atoms with Crippen molar-refractivity contribution in [3.8, 4) is 0 Å². The lowest BCUT2D eigenvalue weighted by Gasteiger charge is -2.44. The maximum absolute atomic E-state index is 12.9. The summed E-state index contributed by atoms with van der Waals surface area (Å²) in [6.07, 6.45) is 6.85. The first kappa shape index (κ1) is 17.0. The van der Waals surface area contributed by atoms with Crippen molar-refractivity contribution in [1.29, 1.82) is 0 Å². The van der Waals surface area contributed by atoms with Crippen molar-refractivity contribution in [3.63, 3.8) is 0 Å². The second-order valence-electron chi connectivity index (χ2n) is 7.58. The molecule has 0 aromatic carbocycles. The quantitative estimate of drug-likeness (QED) is 0.828. The van der Waals surface area contributed by atoms with Gasteiger partial charge in [-0.1, -0.05) is 18.0 Å². The summed E-state index contributed by atoms with van der Waals surface area (Å²) < 4.78 is 11.2. The second-order valence-corrected chi connectivity index (χ2v) is 7.58. The Hall–Kier alpha value is -1.47. The van der Waals surface area contributed by atoms with E-state index in [1.165, 1.54) is 12.8 Å². The van der Waals surface area contributed by atoms with Gasteiger partial charge in [-0.25, -0.2) is 0 Å². The normalized spacial score (nSPS) is 28.8. The first-order valence-corrected chi connectivity index (χ1v) is 9.64. The molecule has 1 saturated carbocycles. The second kappa shape index (κ2) is 7.41. The summed E-state index contributed by atoms with van der Waals surface area (Å²) in [6, 6.07) is 0.300. The number of morpholine rings is 1. The van der Waals surface area contributed by atoms with Gasteiger partial charge in [0.1, 0.15) is 0 Å². The molecule has 2 saturated heterocycles. The number of piperidine rings is 1. The predicted molar refractivity (Wildman–Crippen MR) is 91.2 cm³/mol. The summed E-state index contributed by atoms with van der Waals surface area (Å²) in [6.45, 7) is 5.64. The number of carbonyl (C=O) groups is 1. The number of rotatable bonds is 3. The Morgan fingerprint density at radius 3 is 2.72 bits per heavy atom.